The Balaban J connectivity index is 2.16. The largest absolute Gasteiger partial charge is 0.487 e. The number of aryl methyl sites for hydroxylation is 1. The number of amidine groups is 1. The molecular weight excluding hydrogens is 276 g/mol. The highest BCUT2D eigenvalue weighted by atomic mass is 35.5. The average molecular weight is 293 g/mol. The second-order valence-corrected chi connectivity index (χ2v) is 4.64. The highest BCUT2D eigenvalue weighted by Gasteiger charge is 2.07. The quantitative estimate of drug-likeness (QED) is 0.523. The van der Waals surface area contributed by atoms with Crippen LogP contribution in [-0.2, 0) is 13.7 Å². The van der Waals surface area contributed by atoms with Crippen molar-refractivity contribution in [3.63, 3.8) is 0 Å². The van der Waals surface area contributed by atoms with Crippen LogP contribution in [0, 0.1) is 6.92 Å². The molecule has 0 fully saturated rings. The van der Waals surface area contributed by atoms with Gasteiger partial charge in [-0.15, -0.1) is 11.6 Å². The molecule has 0 amide bonds. The van der Waals surface area contributed by atoms with Gasteiger partial charge in [0.1, 0.15) is 23.9 Å². The van der Waals surface area contributed by atoms with Gasteiger partial charge in [0, 0.05) is 18.3 Å². The first-order valence-corrected chi connectivity index (χ1v) is 6.73. The zero-order valence-electron chi connectivity index (χ0n) is 11.5. The molecule has 0 aliphatic carbocycles. The van der Waals surface area contributed by atoms with Crippen LogP contribution in [-0.4, -0.2) is 21.5 Å². The Morgan fingerprint density at radius 1 is 1.45 bits per heavy atom. The van der Waals surface area contributed by atoms with E-state index in [0.717, 1.165) is 11.3 Å². The molecule has 2 aromatic rings. The minimum atomic E-state index is 0.191. The van der Waals surface area contributed by atoms with Crippen LogP contribution in [0.4, 0.5) is 5.69 Å². The van der Waals surface area contributed by atoms with Gasteiger partial charge in [0.15, 0.2) is 0 Å². The van der Waals surface area contributed by atoms with Crippen LogP contribution in [0.2, 0.25) is 0 Å². The summed E-state index contributed by atoms with van der Waals surface area (Å²) in [5.41, 5.74) is 8.44. The maximum atomic E-state index is 5.80. The summed E-state index contributed by atoms with van der Waals surface area (Å²) in [6, 6.07) is 7.46. The Hall–Kier alpha value is -2.01. The first kappa shape index (κ1) is 14.4. The van der Waals surface area contributed by atoms with Crippen LogP contribution in [0.25, 0.3) is 0 Å². The number of ether oxygens (including phenoxy) is 1. The van der Waals surface area contributed by atoms with Gasteiger partial charge in [-0.3, -0.25) is 4.68 Å². The molecule has 106 valence electrons. The van der Waals surface area contributed by atoms with Crippen molar-refractivity contribution in [1.82, 2.24) is 9.78 Å². The molecule has 0 aliphatic rings. The van der Waals surface area contributed by atoms with Gasteiger partial charge in [-0.25, -0.2) is 4.99 Å². The van der Waals surface area contributed by atoms with Crippen molar-refractivity contribution in [2.75, 3.05) is 5.88 Å². The number of hydrogen-bond acceptors (Lipinski definition) is 3. The van der Waals surface area contributed by atoms with Crippen molar-refractivity contribution >= 4 is 23.1 Å². The van der Waals surface area contributed by atoms with E-state index in [0.29, 0.717) is 23.9 Å². The number of nitrogens with zero attached hydrogens (tertiary/aromatic N) is 3. The SMILES string of the molecule is Cc1c(COc2ccccc2N=C(N)CCl)cnn1C. The molecule has 0 aliphatic heterocycles. The third-order valence-corrected chi connectivity index (χ3v) is 3.26. The summed E-state index contributed by atoms with van der Waals surface area (Å²) >= 11 is 5.64. The molecule has 0 radical (unpaired) electrons. The fourth-order valence-electron chi connectivity index (χ4n) is 1.70. The highest BCUT2D eigenvalue weighted by Crippen LogP contribution is 2.27. The lowest BCUT2D eigenvalue weighted by atomic mass is 10.2. The number of aliphatic imine (C=N–C) groups is 1. The van der Waals surface area contributed by atoms with Crippen molar-refractivity contribution in [3.05, 3.63) is 41.7 Å². The molecule has 2 rings (SSSR count). The third-order valence-electron chi connectivity index (χ3n) is 2.99. The summed E-state index contributed by atoms with van der Waals surface area (Å²) in [5.74, 6) is 1.22. The van der Waals surface area contributed by atoms with Gasteiger partial charge in [0.2, 0.25) is 0 Å². The lowest BCUT2D eigenvalue weighted by Crippen LogP contribution is -2.12. The summed E-state index contributed by atoms with van der Waals surface area (Å²) < 4.78 is 7.62. The van der Waals surface area contributed by atoms with E-state index in [4.69, 9.17) is 22.1 Å². The van der Waals surface area contributed by atoms with Crippen molar-refractivity contribution in [1.29, 1.82) is 0 Å². The molecule has 6 heteroatoms. The van der Waals surface area contributed by atoms with Gasteiger partial charge in [-0.2, -0.15) is 5.10 Å². The van der Waals surface area contributed by atoms with Crippen molar-refractivity contribution in [2.45, 2.75) is 13.5 Å². The van der Waals surface area contributed by atoms with E-state index in [9.17, 15) is 0 Å². The summed E-state index contributed by atoms with van der Waals surface area (Å²) in [4.78, 5) is 4.23. The second-order valence-electron chi connectivity index (χ2n) is 4.37. The molecule has 5 nitrogen and oxygen atoms in total. The summed E-state index contributed by atoms with van der Waals surface area (Å²) in [5, 5.41) is 4.18. The lowest BCUT2D eigenvalue weighted by Gasteiger charge is -2.09. The molecule has 0 bridgehead atoms. The molecule has 2 N–H and O–H groups in total. The predicted octanol–water partition coefficient (Wildman–Crippen LogP) is 2.54. The Labute approximate surface area is 123 Å². The number of alkyl halides is 1. The number of rotatable bonds is 5. The van der Waals surface area contributed by atoms with E-state index in [2.05, 4.69) is 10.1 Å². The molecule has 0 saturated heterocycles. The van der Waals surface area contributed by atoms with E-state index in [1.54, 1.807) is 6.20 Å². The normalized spacial score (nSPS) is 11.7. The molecule has 1 aromatic carbocycles. The number of benzene rings is 1. The van der Waals surface area contributed by atoms with Crippen molar-refractivity contribution in [3.8, 4) is 5.75 Å². The maximum absolute atomic E-state index is 5.80. The topological polar surface area (TPSA) is 65.4 Å². The van der Waals surface area contributed by atoms with E-state index < -0.39 is 0 Å². The van der Waals surface area contributed by atoms with Crippen molar-refractivity contribution < 1.29 is 4.74 Å². The number of para-hydroxylation sites is 2. The molecule has 1 aromatic heterocycles. The van der Waals surface area contributed by atoms with Gasteiger partial charge >= 0.3 is 0 Å². The van der Waals surface area contributed by atoms with Gasteiger partial charge in [0.05, 0.1) is 12.1 Å². The molecule has 0 saturated carbocycles. The van der Waals surface area contributed by atoms with Crippen LogP contribution in [0.5, 0.6) is 5.75 Å². The molecule has 0 spiro atoms. The Morgan fingerprint density at radius 3 is 2.85 bits per heavy atom. The molecule has 0 atom stereocenters. The van der Waals surface area contributed by atoms with E-state index >= 15 is 0 Å². The minimum absolute atomic E-state index is 0.191. The average Bonchev–Trinajstić information content (AvgIpc) is 2.78. The first-order chi connectivity index (χ1) is 9.61. The number of hydrogen-bond donors (Lipinski definition) is 1. The zero-order valence-corrected chi connectivity index (χ0v) is 12.3. The first-order valence-electron chi connectivity index (χ1n) is 6.20. The molecule has 20 heavy (non-hydrogen) atoms. The summed E-state index contributed by atoms with van der Waals surface area (Å²) in [7, 11) is 1.90. The van der Waals surface area contributed by atoms with Gasteiger partial charge in [-0.1, -0.05) is 12.1 Å². The Morgan fingerprint density at radius 2 is 2.20 bits per heavy atom. The fourth-order valence-corrected chi connectivity index (χ4v) is 1.76. The maximum Gasteiger partial charge on any atom is 0.145 e. The number of aromatic nitrogens is 2. The van der Waals surface area contributed by atoms with Crippen molar-refractivity contribution in [2.24, 2.45) is 17.8 Å². The van der Waals surface area contributed by atoms with Crippen LogP contribution in [0.3, 0.4) is 0 Å². The predicted molar refractivity (Wildman–Crippen MR) is 80.7 cm³/mol. The van der Waals surface area contributed by atoms with Gasteiger partial charge < -0.3 is 10.5 Å². The van der Waals surface area contributed by atoms with Gasteiger partial charge in [0.25, 0.3) is 0 Å². The second kappa shape index (κ2) is 6.43. The monoisotopic (exact) mass is 292 g/mol. The number of nitrogens with two attached hydrogens (primary N) is 1. The summed E-state index contributed by atoms with van der Waals surface area (Å²) in [6.07, 6.45) is 1.80. The smallest absolute Gasteiger partial charge is 0.145 e. The van der Waals surface area contributed by atoms with Crippen LogP contribution < -0.4 is 10.5 Å². The third kappa shape index (κ3) is 3.30. The zero-order chi connectivity index (χ0) is 14.5. The van der Waals surface area contributed by atoms with Crippen LogP contribution >= 0.6 is 11.6 Å². The molecular formula is C14H17ClN4O. The Bertz CT molecular complexity index is 621. The fraction of sp³-hybridized carbons (Fsp3) is 0.286. The van der Waals surface area contributed by atoms with Crippen LogP contribution in [0.1, 0.15) is 11.3 Å². The standard InChI is InChI=1S/C14H17ClN4O/c1-10-11(8-17-19(10)2)9-20-13-6-4-3-5-12(13)18-14(16)7-15/h3-6,8H,7,9H2,1-2H3,(H2,16,18). The summed E-state index contributed by atoms with van der Waals surface area (Å²) in [6.45, 7) is 2.44. The Kier molecular flexibility index (Phi) is 4.63. The van der Waals surface area contributed by atoms with E-state index in [1.807, 2.05) is 42.9 Å². The van der Waals surface area contributed by atoms with E-state index in [-0.39, 0.29) is 5.88 Å². The van der Waals surface area contributed by atoms with E-state index in [1.165, 1.54) is 0 Å². The molecule has 1 heterocycles. The lowest BCUT2D eigenvalue weighted by molar-refractivity contribution is 0.306. The molecule has 0 unspecified atom stereocenters. The van der Waals surface area contributed by atoms with Crippen LogP contribution in [0.15, 0.2) is 35.5 Å². The minimum Gasteiger partial charge on any atom is -0.487 e. The highest BCUT2D eigenvalue weighted by molar-refractivity contribution is 6.28. The number of halogens is 1. The van der Waals surface area contributed by atoms with Gasteiger partial charge in [-0.05, 0) is 19.1 Å².